The molecule has 0 spiro atoms. The predicted octanol–water partition coefficient (Wildman–Crippen LogP) is 0.584. The first kappa shape index (κ1) is 9.95. The lowest BCUT2D eigenvalue weighted by atomic mass is 10.2. The van der Waals surface area contributed by atoms with Crippen molar-refractivity contribution < 1.29 is 2.85 Å². The van der Waals surface area contributed by atoms with Gasteiger partial charge in [0.2, 0.25) is 0 Å². The van der Waals surface area contributed by atoms with Crippen LogP contribution in [-0.4, -0.2) is 12.4 Å². The van der Waals surface area contributed by atoms with Crippen molar-refractivity contribution in [2.75, 3.05) is 6.54 Å². The topological polar surface area (TPSA) is 60.5 Å². The molecule has 1 heterocycles. The maximum absolute atomic E-state index is 3.98. The Morgan fingerprint density at radius 2 is 2.13 bits per heavy atom. The second-order valence-corrected chi connectivity index (χ2v) is 3.33. The highest BCUT2D eigenvalue weighted by Crippen LogP contribution is 1.97. The molecule has 0 saturated carbocycles. The van der Waals surface area contributed by atoms with Gasteiger partial charge in [-0.2, -0.15) is 0 Å². The quantitative estimate of drug-likeness (QED) is 0.536. The summed E-state index contributed by atoms with van der Waals surface area (Å²) in [6, 6.07) is 10.3. The predicted molar refractivity (Wildman–Crippen MR) is 63.8 cm³/mol. The SMILES string of the molecule is [HH].[HH].c1ccc(CNCCC2=NNNN2)cc1. The molecule has 0 amide bonds. The molecule has 15 heavy (non-hydrogen) atoms. The average molecular weight is 209 g/mol. The minimum Gasteiger partial charge on any atom is -0.312 e. The van der Waals surface area contributed by atoms with Gasteiger partial charge >= 0.3 is 0 Å². The molecule has 0 atom stereocenters. The van der Waals surface area contributed by atoms with Gasteiger partial charge in [0.05, 0.1) is 0 Å². The Balaban J connectivity index is 0.00000128. The molecule has 1 aromatic carbocycles. The summed E-state index contributed by atoms with van der Waals surface area (Å²) < 4.78 is 0. The number of hydrogen-bond donors (Lipinski definition) is 4. The lowest BCUT2D eigenvalue weighted by Crippen LogP contribution is -2.35. The molecule has 4 N–H and O–H groups in total. The van der Waals surface area contributed by atoms with E-state index in [2.05, 4.69) is 39.0 Å². The number of amidine groups is 1. The zero-order valence-corrected chi connectivity index (χ0v) is 8.46. The molecule has 1 aromatic rings. The number of hydrogen-bond acceptors (Lipinski definition) is 5. The Hall–Kier alpha value is -1.59. The Morgan fingerprint density at radius 1 is 1.27 bits per heavy atom. The van der Waals surface area contributed by atoms with Crippen LogP contribution < -0.4 is 21.8 Å². The van der Waals surface area contributed by atoms with Crippen molar-refractivity contribution >= 4 is 5.84 Å². The van der Waals surface area contributed by atoms with Crippen LogP contribution in [-0.2, 0) is 6.54 Å². The summed E-state index contributed by atoms with van der Waals surface area (Å²) in [6.07, 6.45) is 0.882. The Morgan fingerprint density at radius 3 is 2.87 bits per heavy atom. The molecule has 1 aliphatic rings. The first-order valence-corrected chi connectivity index (χ1v) is 5.02. The minimum atomic E-state index is 0. The second kappa shape index (κ2) is 5.33. The second-order valence-electron chi connectivity index (χ2n) is 3.33. The van der Waals surface area contributed by atoms with Gasteiger partial charge in [-0.1, -0.05) is 30.3 Å². The fourth-order valence-electron chi connectivity index (χ4n) is 1.38. The van der Waals surface area contributed by atoms with Gasteiger partial charge in [-0.25, -0.2) is 5.53 Å². The van der Waals surface area contributed by atoms with Crippen LogP contribution in [0.4, 0.5) is 0 Å². The summed E-state index contributed by atoms with van der Waals surface area (Å²) in [5.74, 6) is 0.926. The minimum absolute atomic E-state index is 0. The highest BCUT2D eigenvalue weighted by molar-refractivity contribution is 5.82. The highest BCUT2D eigenvalue weighted by atomic mass is 15.8. The summed E-state index contributed by atoms with van der Waals surface area (Å²) in [7, 11) is 0. The zero-order valence-electron chi connectivity index (χ0n) is 8.46. The van der Waals surface area contributed by atoms with Gasteiger partial charge < -0.3 is 5.32 Å². The van der Waals surface area contributed by atoms with Crippen LogP contribution in [0.15, 0.2) is 35.4 Å². The molecule has 0 unspecified atom stereocenters. The smallest absolute Gasteiger partial charge is 0.140 e. The first-order valence-electron chi connectivity index (χ1n) is 5.02. The summed E-state index contributed by atoms with van der Waals surface area (Å²) in [4.78, 5) is 0. The summed E-state index contributed by atoms with van der Waals surface area (Å²) in [5, 5.41) is 7.34. The number of benzene rings is 1. The van der Waals surface area contributed by atoms with E-state index in [4.69, 9.17) is 0 Å². The molecule has 0 radical (unpaired) electrons. The van der Waals surface area contributed by atoms with Crippen molar-refractivity contribution in [3.63, 3.8) is 0 Å². The van der Waals surface area contributed by atoms with Gasteiger partial charge in [0, 0.05) is 22.4 Å². The molecular weight excluding hydrogens is 190 g/mol. The Bertz CT molecular complexity index is 331. The van der Waals surface area contributed by atoms with Gasteiger partial charge in [0.1, 0.15) is 5.84 Å². The number of rotatable bonds is 5. The van der Waals surface area contributed by atoms with Crippen molar-refractivity contribution in [2.45, 2.75) is 13.0 Å². The monoisotopic (exact) mass is 209 g/mol. The zero-order chi connectivity index (χ0) is 10.3. The summed E-state index contributed by atoms with van der Waals surface area (Å²) in [6.45, 7) is 1.80. The van der Waals surface area contributed by atoms with Gasteiger partial charge in [-0.15, -0.1) is 10.6 Å². The lowest BCUT2D eigenvalue weighted by Gasteiger charge is -2.04. The largest absolute Gasteiger partial charge is 0.312 e. The molecule has 2 rings (SSSR count). The van der Waals surface area contributed by atoms with E-state index in [-0.39, 0.29) is 2.85 Å². The van der Waals surface area contributed by atoms with Gasteiger partial charge in [-0.3, -0.25) is 5.43 Å². The van der Waals surface area contributed by atoms with Crippen LogP contribution >= 0.6 is 0 Å². The van der Waals surface area contributed by atoms with Crippen molar-refractivity contribution in [1.82, 2.24) is 21.8 Å². The van der Waals surface area contributed by atoms with E-state index in [1.54, 1.807) is 0 Å². The van der Waals surface area contributed by atoms with Crippen LogP contribution in [0.5, 0.6) is 0 Å². The molecule has 84 valence electrons. The molecule has 0 aromatic heterocycles. The fraction of sp³-hybridized carbons (Fsp3) is 0.300. The normalized spacial score (nSPS) is 14.3. The maximum Gasteiger partial charge on any atom is 0.140 e. The molecular formula is C10H19N5. The van der Waals surface area contributed by atoms with Crippen molar-refractivity contribution in [1.29, 1.82) is 0 Å². The maximum atomic E-state index is 3.98. The van der Waals surface area contributed by atoms with E-state index < -0.39 is 0 Å². The van der Waals surface area contributed by atoms with E-state index in [1.807, 2.05) is 18.2 Å². The highest BCUT2D eigenvalue weighted by Gasteiger charge is 2.02. The number of hydrazine groups is 2. The molecule has 0 aliphatic carbocycles. The van der Waals surface area contributed by atoms with Gasteiger partial charge in [0.15, 0.2) is 0 Å². The van der Waals surface area contributed by atoms with E-state index in [0.29, 0.717) is 0 Å². The van der Waals surface area contributed by atoms with Crippen LogP contribution in [0.25, 0.3) is 0 Å². The molecule has 0 fully saturated rings. The van der Waals surface area contributed by atoms with Crippen molar-refractivity contribution in [3.8, 4) is 0 Å². The number of nitrogens with zero attached hydrogens (tertiary/aromatic N) is 1. The molecule has 0 bridgehead atoms. The van der Waals surface area contributed by atoms with Crippen LogP contribution in [0.3, 0.4) is 0 Å². The van der Waals surface area contributed by atoms with E-state index in [9.17, 15) is 0 Å². The average Bonchev–Trinajstić information content (AvgIpc) is 2.79. The Labute approximate surface area is 91.9 Å². The third-order valence-electron chi connectivity index (χ3n) is 2.16. The van der Waals surface area contributed by atoms with E-state index in [0.717, 1.165) is 25.3 Å². The van der Waals surface area contributed by atoms with Gasteiger partial charge in [0.25, 0.3) is 0 Å². The molecule has 1 aliphatic heterocycles. The number of hydrazone groups is 1. The summed E-state index contributed by atoms with van der Waals surface area (Å²) >= 11 is 0. The first-order chi connectivity index (χ1) is 7.45. The van der Waals surface area contributed by atoms with E-state index in [1.165, 1.54) is 5.56 Å². The van der Waals surface area contributed by atoms with Gasteiger partial charge in [-0.05, 0) is 5.56 Å². The Kier molecular flexibility index (Phi) is 3.53. The molecule has 5 heteroatoms. The van der Waals surface area contributed by atoms with Crippen LogP contribution in [0, 0.1) is 0 Å². The van der Waals surface area contributed by atoms with Crippen molar-refractivity contribution in [2.24, 2.45) is 5.10 Å². The third-order valence-corrected chi connectivity index (χ3v) is 2.16. The lowest BCUT2D eigenvalue weighted by molar-refractivity contribution is 0.575. The van der Waals surface area contributed by atoms with Crippen molar-refractivity contribution in [3.05, 3.63) is 35.9 Å². The number of nitrogens with one attached hydrogen (secondary N) is 4. The summed E-state index contributed by atoms with van der Waals surface area (Å²) in [5.41, 5.74) is 9.53. The van der Waals surface area contributed by atoms with E-state index >= 15 is 0 Å². The standard InChI is InChI=1S/C10H15N5.2H2/c1-2-4-9(5-3-1)8-11-7-6-10-12-14-15-13-10;;/h1-5,11,14-15H,6-8H2,(H,12,13);2*1H. The molecule has 5 nitrogen and oxygen atoms in total. The van der Waals surface area contributed by atoms with Crippen LogP contribution in [0.1, 0.15) is 14.8 Å². The molecule has 0 saturated heterocycles. The van der Waals surface area contributed by atoms with Crippen LogP contribution in [0.2, 0.25) is 0 Å². The third kappa shape index (κ3) is 3.23. The fourth-order valence-corrected chi connectivity index (χ4v) is 1.38.